The minimum Gasteiger partial charge on any atom is -0.491 e. The van der Waals surface area contributed by atoms with E-state index in [4.69, 9.17) is 30.5 Å². The number of rotatable bonds is 11. The Kier molecular flexibility index (Phi) is 7.33. The third-order valence-corrected chi connectivity index (χ3v) is 5.25. The number of ketones is 1. The normalized spacial score (nSPS) is 23.2. The van der Waals surface area contributed by atoms with E-state index in [2.05, 4.69) is 4.98 Å². The Morgan fingerprint density at radius 2 is 2.04 bits per heavy atom. The highest BCUT2D eigenvalue weighted by Crippen LogP contribution is 2.35. The van der Waals surface area contributed by atoms with E-state index in [0.717, 1.165) is 26.1 Å². The maximum atomic E-state index is 11.1. The monoisotopic (exact) mass is 397 g/mol. The number of hydrogen-bond donors (Lipinski definition) is 0. The van der Waals surface area contributed by atoms with E-state index >= 15 is 0 Å². The highest BCUT2D eigenvalue weighted by Gasteiger charge is 2.31. The van der Waals surface area contributed by atoms with Crippen LogP contribution >= 0.6 is 11.6 Å². The predicted octanol–water partition coefficient (Wildman–Crippen LogP) is 3.55. The third-order valence-electron chi connectivity index (χ3n) is 4.90. The number of pyridine rings is 1. The van der Waals surface area contributed by atoms with Crippen molar-refractivity contribution in [1.29, 1.82) is 0 Å². The minimum atomic E-state index is 0.211. The Labute approximate surface area is 165 Å². The summed E-state index contributed by atoms with van der Waals surface area (Å²) < 4.78 is 22.6. The standard InChI is InChI=1S/C20H28ClNO5/c1-13(5-14(2)23)8-25-17-6-15(7-17)11-27-20-19(21)18(3-4-22-20)26-12-16-9-24-10-16/h3-4,13,15-17H,5-12H2,1-2H3/t13-,15?,17?/m1/s1. The molecule has 0 unspecified atom stereocenters. The quantitative estimate of drug-likeness (QED) is 0.568. The smallest absolute Gasteiger partial charge is 0.236 e. The average Bonchev–Trinajstić information content (AvgIpc) is 2.53. The van der Waals surface area contributed by atoms with Gasteiger partial charge in [-0.05, 0) is 31.6 Å². The molecule has 1 atom stereocenters. The Balaban J connectivity index is 1.35. The van der Waals surface area contributed by atoms with Gasteiger partial charge < -0.3 is 23.7 Å². The molecule has 1 aliphatic carbocycles. The lowest BCUT2D eigenvalue weighted by atomic mass is 9.83. The number of nitrogens with zero attached hydrogens (tertiary/aromatic N) is 1. The van der Waals surface area contributed by atoms with Gasteiger partial charge in [0.2, 0.25) is 5.88 Å². The van der Waals surface area contributed by atoms with Gasteiger partial charge in [-0.15, -0.1) is 0 Å². The molecule has 0 aromatic carbocycles. The number of Topliss-reactive ketones (excluding diaryl/α,β-unsaturated/α-hetero) is 1. The van der Waals surface area contributed by atoms with Gasteiger partial charge in [-0.1, -0.05) is 18.5 Å². The van der Waals surface area contributed by atoms with Crippen LogP contribution in [0.15, 0.2) is 12.3 Å². The second kappa shape index (κ2) is 9.71. The first-order valence-electron chi connectivity index (χ1n) is 9.60. The fourth-order valence-corrected chi connectivity index (χ4v) is 3.42. The molecule has 0 N–H and O–H groups in total. The van der Waals surface area contributed by atoms with E-state index in [1.54, 1.807) is 19.2 Å². The van der Waals surface area contributed by atoms with E-state index in [1.165, 1.54) is 0 Å². The van der Waals surface area contributed by atoms with Crippen LogP contribution < -0.4 is 9.47 Å². The van der Waals surface area contributed by atoms with Gasteiger partial charge in [-0.3, -0.25) is 0 Å². The molecule has 0 radical (unpaired) electrons. The minimum absolute atomic E-state index is 0.211. The lowest BCUT2D eigenvalue weighted by molar-refractivity contribution is -0.119. The fourth-order valence-electron chi connectivity index (χ4n) is 3.20. The SMILES string of the molecule is CC(=O)C[C@@H](C)COC1CC(COc2nccc(OCC3COC3)c2Cl)C1. The molecule has 2 fully saturated rings. The van der Waals surface area contributed by atoms with E-state index in [-0.39, 0.29) is 17.8 Å². The number of ether oxygens (including phenoxy) is 4. The summed E-state index contributed by atoms with van der Waals surface area (Å²) in [6, 6.07) is 1.75. The second-order valence-electron chi connectivity index (χ2n) is 7.76. The molecule has 1 aromatic heterocycles. The summed E-state index contributed by atoms with van der Waals surface area (Å²) in [6.45, 7) is 6.93. The predicted molar refractivity (Wildman–Crippen MR) is 101 cm³/mol. The molecule has 1 aromatic rings. The van der Waals surface area contributed by atoms with Crippen molar-refractivity contribution in [2.75, 3.05) is 33.0 Å². The zero-order chi connectivity index (χ0) is 19.2. The van der Waals surface area contributed by atoms with E-state index in [0.29, 0.717) is 54.7 Å². The number of aromatic nitrogens is 1. The summed E-state index contributed by atoms with van der Waals surface area (Å²) in [7, 11) is 0. The van der Waals surface area contributed by atoms with Crippen LogP contribution in [0.5, 0.6) is 11.6 Å². The molecule has 0 amide bonds. The molecule has 2 aliphatic rings. The van der Waals surface area contributed by atoms with Crippen molar-refractivity contribution in [2.45, 2.75) is 39.2 Å². The van der Waals surface area contributed by atoms with Crippen LogP contribution in [0.2, 0.25) is 5.02 Å². The summed E-state index contributed by atoms with van der Waals surface area (Å²) in [5.41, 5.74) is 0. The molecular formula is C20H28ClNO5. The van der Waals surface area contributed by atoms with Crippen LogP contribution in [-0.2, 0) is 14.3 Å². The van der Waals surface area contributed by atoms with Crippen LogP contribution in [-0.4, -0.2) is 49.9 Å². The highest BCUT2D eigenvalue weighted by molar-refractivity contribution is 6.33. The summed E-state index contributed by atoms with van der Waals surface area (Å²) in [4.78, 5) is 15.3. The van der Waals surface area contributed by atoms with Crippen LogP contribution in [0.4, 0.5) is 0 Å². The Morgan fingerprint density at radius 1 is 1.30 bits per heavy atom. The average molecular weight is 398 g/mol. The molecule has 6 nitrogen and oxygen atoms in total. The van der Waals surface area contributed by atoms with Gasteiger partial charge >= 0.3 is 0 Å². The zero-order valence-corrected chi connectivity index (χ0v) is 16.7. The molecule has 27 heavy (non-hydrogen) atoms. The van der Waals surface area contributed by atoms with Crippen molar-refractivity contribution < 1.29 is 23.7 Å². The second-order valence-corrected chi connectivity index (χ2v) is 8.14. The molecule has 150 valence electrons. The van der Waals surface area contributed by atoms with E-state index in [9.17, 15) is 4.79 Å². The fraction of sp³-hybridized carbons (Fsp3) is 0.700. The first-order chi connectivity index (χ1) is 13.0. The summed E-state index contributed by atoms with van der Waals surface area (Å²) in [6.07, 6.45) is 4.41. The summed E-state index contributed by atoms with van der Waals surface area (Å²) >= 11 is 6.36. The van der Waals surface area contributed by atoms with Gasteiger partial charge in [0.1, 0.15) is 16.6 Å². The lowest BCUT2D eigenvalue weighted by Crippen LogP contribution is -2.36. The Morgan fingerprint density at radius 3 is 2.70 bits per heavy atom. The molecular weight excluding hydrogens is 370 g/mol. The number of carbonyl (C=O) groups excluding carboxylic acids is 1. The van der Waals surface area contributed by atoms with Crippen molar-refractivity contribution in [3.05, 3.63) is 17.3 Å². The number of hydrogen-bond acceptors (Lipinski definition) is 6. The third kappa shape index (κ3) is 6.06. The van der Waals surface area contributed by atoms with Gasteiger partial charge in [0.25, 0.3) is 0 Å². The Bertz CT molecular complexity index is 631. The van der Waals surface area contributed by atoms with Gasteiger partial charge in [0, 0.05) is 31.2 Å². The zero-order valence-electron chi connectivity index (χ0n) is 16.0. The van der Waals surface area contributed by atoms with Gasteiger partial charge in [-0.25, -0.2) is 4.98 Å². The van der Waals surface area contributed by atoms with Crippen molar-refractivity contribution in [2.24, 2.45) is 17.8 Å². The first-order valence-corrected chi connectivity index (χ1v) is 9.98. The van der Waals surface area contributed by atoms with Crippen LogP contribution in [0.1, 0.15) is 33.1 Å². The molecule has 3 rings (SSSR count). The van der Waals surface area contributed by atoms with Crippen molar-refractivity contribution in [3.63, 3.8) is 0 Å². The summed E-state index contributed by atoms with van der Waals surface area (Å²) in [5.74, 6) is 2.37. The van der Waals surface area contributed by atoms with Crippen LogP contribution in [0.25, 0.3) is 0 Å². The molecule has 7 heteroatoms. The van der Waals surface area contributed by atoms with Gasteiger partial charge in [0.15, 0.2) is 0 Å². The van der Waals surface area contributed by atoms with E-state index in [1.807, 2.05) is 6.92 Å². The lowest BCUT2D eigenvalue weighted by Gasteiger charge is -2.35. The first kappa shape index (κ1) is 20.4. The molecule has 0 spiro atoms. The highest BCUT2D eigenvalue weighted by atomic mass is 35.5. The number of halogens is 1. The maximum Gasteiger partial charge on any atom is 0.236 e. The summed E-state index contributed by atoms with van der Waals surface area (Å²) in [5, 5.41) is 0.419. The van der Waals surface area contributed by atoms with E-state index < -0.39 is 0 Å². The maximum absolute atomic E-state index is 11.1. The molecule has 1 aliphatic heterocycles. The van der Waals surface area contributed by atoms with Crippen molar-refractivity contribution in [1.82, 2.24) is 4.98 Å². The Hall–Kier alpha value is -1.37. The van der Waals surface area contributed by atoms with Crippen LogP contribution in [0, 0.1) is 17.8 Å². The van der Waals surface area contributed by atoms with Crippen molar-refractivity contribution >= 4 is 17.4 Å². The largest absolute Gasteiger partial charge is 0.491 e. The van der Waals surface area contributed by atoms with Gasteiger partial charge in [0.05, 0.1) is 32.5 Å². The molecule has 1 saturated carbocycles. The van der Waals surface area contributed by atoms with Crippen LogP contribution in [0.3, 0.4) is 0 Å². The topological polar surface area (TPSA) is 66.9 Å². The molecule has 1 saturated heterocycles. The van der Waals surface area contributed by atoms with Gasteiger partial charge in [-0.2, -0.15) is 0 Å². The number of carbonyl (C=O) groups is 1. The molecule has 2 heterocycles. The van der Waals surface area contributed by atoms with Crippen molar-refractivity contribution in [3.8, 4) is 11.6 Å². The molecule has 0 bridgehead atoms.